The van der Waals surface area contributed by atoms with Gasteiger partial charge in [-0.2, -0.15) is 4.39 Å². The third kappa shape index (κ3) is 5.59. The Morgan fingerprint density at radius 2 is 2.06 bits per heavy atom. The summed E-state index contributed by atoms with van der Waals surface area (Å²) in [5, 5.41) is 20.0. The second-order valence-electron chi connectivity index (χ2n) is 8.47. The molecule has 0 aromatic carbocycles. The number of aromatic nitrogens is 2. The van der Waals surface area contributed by atoms with Gasteiger partial charge >= 0.3 is 0 Å². The van der Waals surface area contributed by atoms with Gasteiger partial charge in [-0.25, -0.2) is 15.0 Å². The third-order valence-electron chi connectivity index (χ3n) is 6.23. The maximum absolute atomic E-state index is 15.1. The fourth-order valence-corrected chi connectivity index (χ4v) is 4.44. The average Bonchev–Trinajstić information content (AvgIpc) is 3.37. The van der Waals surface area contributed by atoms with E-state index in [0.29, 0.717) is 36.2 Å². The van der Waals surface area contributed by atoms with Crippen molar-refractivity contribution in [2.24, 2.45) is 11.8 Å². The SMILES string of the molecule is Cc1nc(NNC(=O)[C@@H](CC2CCCC2)CN(O)C=O)c(F)c(N2CC[C@@H](O)[C@@H]2C)n1. The first-order valence-electron chi connectivity index (χ1n) is 10.8. The number of rotatable bonds is 9. The van der Waals surface area contributed by atoms with Gasteiger partial charge in [0.2, 0.25) is 18.1 Å². The summed E-state index contributed by atoms with van der Waals surface area (Å²) < 4.78 is 15.1. The summed E-state index contributed by atoms with van der Waals surface area (Å²) in [5.41, 5.74) is 5.00. The molecule has 0 unspecified atom stereocenters. The van der Waals surface area contributed by atoms with Gasteiger partial charge in [-0.3, -0.25) is 25.6 Å². The van der Waals surface area contributed by atoms with Crippen LogP contribution >= 0.6 is 0 Å². The zero-order valence-electron chi connectivity index (χ0n) is 17.9. The lowest BCUT2D eigenvalue weighted by Gasteiger charge is -2.25. The second-order valence-corrected chi connectivity index (χ2v) is 8.47. The van der Waals surface area contributed by atoms with Crippen LogP contribution in [-0.2, 0) is 9.59 Å². The first-order valence-corrected chi connectivity index (χ1v) is 10.8. The monoisotopic (exact) mass is 438 g/mol. The van der Waals surface area contributed by atoms with Crippen LogP contribution in [0.4, 0.5) is 16.0 Å². The number of nitrogens with one attached hydrogen (secondary N) is 2. The largest absolute Gasteiger partial charge is 0.391 e. The molecule has 172 valence electrons. The molecule has 0 spiro atoms. The quantitative estimate of drug-likeness (QED) is 0.258. The van der Waals surface area contributed by atoms with Gasteiger partial charge in [0.1, 0.15) is 5.82 Å². The van der Waals surface area contributed by atoms with E-state index in [2.05, 4.69) is 20.8 Å². The molecule has 3 atom stereocenters. The molecule has 1 aromatic heterocycles. The molecule has 4 N–H and O–H groups in total. The first-order chi connectivity index (χ1) is 14.8. The van der Waals surface area contributed by atoms with Crippen LogP contribution in [0.2, 0.25) is 0 Å². The van der Waals surface area contributed by atoms with Crippen LogP contribution in [0.1, 0.15) is 51.3 Å². The van der Waals surface area contributed by atoms with Crippen molar-refractivity contribution < 1.29 is 24.3 Å². The van der Waals surface area contributed by atoms with Crippen molar-refractivity contribution in [3.8, 4) is 0 Å². The van der Waals surface area contributed by atoms with Crippen LogP contribution < -0.4 is 15.8 Å². The molecule has 2 heterocycles. The lowest BCUT2D eigenvalue weighted by Crippen LogP contribution is -2.41. The highest BCUT2D eigenvalue weighted by Crippen LogP contribution is 2.31. The van der Waals surface area contributed by atoms with E-state index in [1.807, 2.05) is 0 Å². The Morgan fingerprint density at radius 1 is 1.35 bits per heavy atom. The minimum atomic E-state index is -0.726. The van der Waals surface area contributed by atoms with Crippen molar-refractivity contribution in [3.05, 3.63) is 11.6 Å². The van der Waals surface area contributed by atoms with Gasteiger partial charge in [-0.1, -0.05) is 25.7 Å². The summed E-state index contributed by atoms with van der Waals surface area (Å²) in [6.07, 6.45) is 4.95. The topological polar surface area (TPSA) is 131 Å². The van der Waals surface area contributed by atoms with Crippen molar-refractivity contribution in [2.45, 2.75) is 64.5 Å². The molecule has 2 amide bonds. The second kappa shape index (κ2) is 10.2. The van der Waals surface area contributed by atoms with Crippen LogP contribution in [0, 0.1) is 24.6 Å². The molecule has 11 heteroatoms. The molecule has 1 aliphatic carbocycles. The Balaban J connectivity index is 1.70. The fourth-order valence-electron chi connectivity index (χ4n) is 4.44. The maximum Gasteiger partial charge on any atom is 0.243 e. The summed E-state index contributed by atoms with van der Waals surface area (Å²) >= 11 is 0. The van der Waals surface area contributed by atoms with Gasteiger partial charge in [0.05, 0.1) is 24.6 Å². The first kappa shape index (κ1) is 23.1. The fraction of sp³-hybridized carbons (Fsp3) is 0.700. The minimum Gasteiger partial charge on any atom is -0.391 e. The lowest BCUT2D eigenvalue weighted by atomic mass is 9.92. The van der Waals surface area contributed by atoms with Crippen LogP contribution in [0.3, 0.4) is 0 Å². The highest BCUT2D eigenvalue weighted by molar-refractivity contribution is 5.80. The molecule has 3 rings (SSSR count). The van der Waals surface area contributed by atoms with Gasteiger partial charge in [0.25, 0.3) is 0 Å². The predicted octanol–water partition coefficient (Wildman–Crippen LogP) is 1.37. The molecule has 1 aliphatic heterocycles. The van der Waals surface area contributed by atoms with Crippen LogP contribution in [0.5, 0.6) is 0 Å². The van der Waals surface area contributed by atoms with Gasteiger partial charge < -0.3 is 10.0 Å². The van der Waals surface area contributed by atoms with E-state index in [4.69, 9.17) is 0 Å². The van der Waals surface area contributed by atoms with Gasteiger partial charge in [-0.15, -0.1) is 0 Å². The van der Waals surface area contributed by atoms with Crippen molar-refractivity contribution in [1.82, 2.24) is 20.5 Å². The van der Waals surface area contributed by atoms with E-state index < -0.39 is 23.7 Å². The predicted molar refractivity (Wildman–Crippen MR) is 111 cm³/mol. The zero-order valence-corrected chi connectivity index (χ0v) is 17.9. The summed E-state index contributed by atoms with van der Waals surface area (Å²) in [7, 11) is 0. The molecular weight excluding hydrogens is 407 g/mol. The number of hydrogen-bond acceptors (Lipinski definition) is 8. The minimum absolute atomic E-state index is 0.0679. The summed E-state index contributed by atoms with van der Waals surface area (Å²) in [6.45, 7) is 3.73. The summed E-state index contributed by atoms with van der Waals surface area (Å²) in [5.74, 6) is -1.29. The lowest BCUT2D eigenvalue weighted by molar-refractivity contribution is -0.154. The Kier molecular flexibility index (Phi) is 7.60. The zero-order chi connectivity index (χ0) is 22.5. The molecule has 1 saturated carbocycles. The van der Waals surface area contributed by atoms with E-state index in [9.17, 15) is 19.9 Å². The highest BCUT2D eigenvalue weighted by atomic mass is 19.1. The molecule has 2 aliphatic rings. The number of hydrazine groups is 1. The normalized spacial score (nSPS) is 22.4. The number of amides is 2. The molecule has 0 radical (unpaired) electrons. The number of aryl methyl sites for hydroxylation is 1. The third-order valence-corrected chi connectivity index (χ3v) is 6.23. The van der Waals surface area contributed by atoms with Crippen LogP contribution in [0.25, 0.3) is 0 Å². The molecular formula is C20H31FN6O4. The number of hydrogen-bond donors (Lipinski definition) is 4. The molecule has 1 aromatic rings. The highest BCUT2D eigenvalue weighted by Gasteiger charge is 2.33. The molecule has 2 fully saturated rings. The Hall–Kier alpha value is -2.53. The number of carbonyl (C=O) groups excluding carboxylic acids is 2. The van der Waals surface area contributed by atoms with Crippen LogP contribution in [0.15, 0.2) is 0 Å². The number of hydroxylamine groups is 2. The Morgan fingerprint density at radius 3 is 2.68 bits per heavy atom. The molecule has 10 nitrogen and oxygen atoms in total. The maximum atomic E-state index is 15.1. The summed E-state index contributed by atoms with van der Waals surface area (Å²) in [6, 6.07) is -0.291. The summed E-state index contributed by atoms with van der Waals surface area (Å²) in [4.78, 5) is 33.5. The van der Waals surface area contributed by atoms with E-state index in [1.54, 1.807) is 18.7 Å². The molecule has 1 saturated heterocycles. The number of anilines is 2. The van der Waals surface area contributed by atoms with E-state index in [1.165, 1.54) is 0 Å². The van der Waals surface area contributed by atoms with E-state index in [0.717, 1.165) is 25.7 Å². The van der Waals surface area contributed by atoms with Crippen LogP contribution in [-0.4, -0.2) is 62.9 Å². The smallest absolute Gasteiger partial charge is 0.243 e. The average molecular weight is 439 g/mol. The number of nitrogens with zero attached hydrogens (tertiary/aromatic N) is 4. The van der Waals surface area contributed by atoms with Crippen molar-refractivity contribution >= 4 is 24.0 Å². The van der Waals surface area contributed by atoms with E-state index in [-0.39, 0.29) is 30.6 Å². The number of aliphatic hydroxyl groups excluding tert-OH is 1. The van der Waals surface area contributed by atoms with E-state index >= 15 is 4.39 Å². The molecule has 0 bridgehead atoms. The van der Waals surface area contributed by atoms with Crippen molar-refractivity contribution in [3.63, 3.8) is 0 Å². The number of halogens is 1. The van der Waals surface area contributed by atoms with Gasteiger partial charge in [0, 0.05) is 6.54 Å². The Bertz CT molecular complexity index is 791. The molecule has 31 heavy (non-hydrogen) atoms. The van der Waals surface area contributed by atoms with Gasteiger partial charge in [-0.05, 0) is 32.6 Å². The standard InChI is InChI=1S/C20H31FN6O4/c1-12-16(29)7-8-27(12)19-17(21)18(22-13(2)23-19)24-25-20(30)15(10-26(31)11-28)9-14-5-3-4-6-14/h11-12,14-16,29,31H,3-10H2,1-2H3,(H,25,30)(H,22,23,24)/t12-,15-,16+/m0/s1. The number of carbonyl (C=O) groups is 2. The van der Waals surface area contributed by atoms with Crippen molar-refractivity contribution in [1.29, 1.82) is 0 Å². The van der Waals surface area contributed by atoms with Crippen molar-refractivity contribution in [2.75, 3.05) is 23.4 Å². The van der Waals surface area contributed by atoms with Gasteiger partial charge in [0.15, 0.2) is 11.6 Å². The number of aliphatic hydroxyl groups is 1. The Labute approximate surface area is 180 Å².